The molecule has 0 aliphatic rings. The summed E-state index contributed by atoms with van der Waals surface area (Å²) >= 11 is 0. The first-order chi connectivity index (χ1) is 9.74. The zero-order valence-electron chi connectivity index (χ0n) is 12.0. The highest BCUT2D eigenvalue weighted by molar-refractivity contribution is 5.19. The van der Waals surface area contributed by atoms with Crippen LogP contribution in [0.2, 0.25) is 0 Å². The first-order valence-electron chi connectivity index (χ1n) is 6.70. The molecule has 4 nitrogen and oxygen atoms in total. The summed E-state index contributed by atoms with van der Waals surface area (Å²) in [4.78, 5) is 2.12. The van der Waals surface area contributed by atoms with Gasteiger partial charge in [0.25, 0.3) is 5.88 Å². The van der Waals surface area contributed by atoms with Gasteiger partial charge in [-0.05, 0) is 24.3 Å². The van der Waals surface area contributed by atoms with Gasteiger partial charge in [-0.2, -0.15) is 0 Å². The van der Waals surface area contributed by atoms with Crippen LogP contribution in [0.1, 0.15) is 24.3 Å². The molecule has 0 aliphatic carbocycles. The lowest BCUT2D eigenvalue weighted by molar-refractivity contribution is 0.234. The molecule has 0 aliphatic heterocycles. The maximum Gasteiger partial charge on any atom is 0.254 e. The molecule has 1 aromatic carbocycles. The van der Waals surface area contributed by atoms with Gasteiger partial charge >= 0.3 is 0 Å². The molecule has 1 heterocycles. The number of aromatic nitrogens is 1. The highest BCUT2D eigenvalue weighted by atomic mass is 16.5. The number of hydrogen-bond donors (Lipinski definition) is 0. The van der Waals surface area contributed by atoms with E-state index in [4.69, 9.17) is 9.26 Å². The molecule has 1 aromatic heterocycles. The minimum Gasteiger partial charge on any atom is -0.471 e. The summed E-state index contributed by atoms with van der Waals surface area (Å²) in [7, 11) is 2.01. The Morgan fingerprint density at radius 1 is 1.40 bits per heavy atom. The Labute approximate surface area is 119 Å². The molecule has 0 saturated carbocycles. The Morgan fingerprint density at radius 3 is 2.80 bits per heavy atom. The molecule has 1 atom stereocenters. The summed E-state index contributed by atoms with van der Waals surface area (Å²) in [6.45, 7) is 7.30. The zero-order chi connectivity index (χ0) is 14.4. The molecule has 2 aromatic rings. The van der Waals surface area contributed by atoms with Gasteiger partial charge in [-0.1, -0.05) is 43.3 Å². The van der Waals surface area contributed by atoms with Gasteiger partial charge in [-0.15, -0.1) is 6.58 Å². The minimum absolute atomic E-state index is 0.0153. The van der Waals surface area contributed by atoms with E-state index in [0.29, 0.717) is 12.5 Å². The van der Waals surface area contributed by atoms with Gasteiger partial charge in [0.05, 0.1) is 6.04 Å². The third kappa shape index (κ3) is 3.48. The Hall–Kier alpha value is -2.07. The topological polar surface area (TPSA) is 38.5 Å². The van der Waals surface area contributed by atoms with Crippen molar-refractivity contribution in [3.05, 3.63) is 60.4 Å². The van der Waals surface area contributed by atoms with Crippen LogP contribution in [0.25, 0.3) is 0 Å². The quantitative estimate of drug-likeness (QED) is 0.724. The maximum atomic E-state index is 5.62. The molecule has 2 rings (SSSR count). The van der Waals surface area contributed by atoms with Crippen LogP contribution in [-0.4, -0.2) is 23.6 Å². The van der Waals surface area contributed by atoms with E-state index in [1.54, 1.807) is 0 Å². The maximum absolute atomic E-state index is 5.62. The van der Waals surface area contributed by atoms with Crippen molar-refractivity contribution in [2.75, 3.05) is 13.6 Å². The Bertz CT molecular complexity index is 536. The molecule has 106 valence electrons. The summed E-state index contributed by atoms with van der Waals surface area (Å²) in [5.74, 6) is 1.24. The third-order valence-electron chi connectivity index (χ3n) is 3.22. The van der Waals surface area contributed by atoms with E-state index in [2.05, 4.69) is 23.6 Å². The SMILES string of the molecule is C=CC(c1cc(OCc2ccccc2)no1)N(C)CC. The van der Waals surface area contributed by atoms with Gasteiger partial charge in [0.1, 0.15) is 6.61 Å². The first-order valence-corrected chi connectivity index (χ1v) is 6.70. The molecular weight excluding hydrogens is 252 g/mol. The monoisotopic (exact) mass is 272 g/mol. The van der Waals surface area contributed by atoms with E-state index in [1.807, 2.05) is 49.5 Å². The average Bonchev–Trinajstić information content (AvgIpc) is 2.95. The van der Waals surface area contributed by atoms with Crippen molar-refractivity contribution >= 4 is 0 Å². The Kier molecular flexibility index (Phi) is 4.96. The molecule has 0 radical (unpaired) electrons. The first kappa shape index (κ1) is 14.3. The molecule has 0 amide bonds. The second-order valence-corrected chi connectivity index (χ2v) is 4.60. The summed E-state index contributed by atoms with van der Waals surface area (Å²) in [5, 5.41) is 3.95. The number of benzene rings is 1. The lowest BCUT2D eigenvalue weighted by atomic mass is 10.2. The zero-order valence-corrected chi connectivity index (χ0v) is 12.0. The van der Waals surface area contributed by atoms with Crippen molar-refractivity contribution in [1.29, 1.82) is 0 Å². The van der Waals surface area contributed by atoms with Crippen LogP contribution >= 0.6 is 0 Å². The van der Waals surface area contributed by atoms with Crippen molar-refractivity contribution < 1.29 is 9.26 Å². The van der Waals surface area contributed by atoms with Crippen LogP contribution in [-0.2, 0) is 6.61 Å². The molecule has 0 fully saturated rings. The molecule has 4 heteroatoms. The van der Waals surface area contributed by atoms with Gasteiger partial charge in [0.15, 0.2) is 5.76 Å². The van der Waals surface area contributed by atoms with E-state index in [9.17, 15) is 0 Å². The van der Waals surface area contributed by atoms with E-state index in [1.165, 1.54) is 0 Å². The van der Waals surface area contributed by atoms with Crippen molar-refractivity contribution in [2.45, 2.75) is 19.6 Å². The predicted molar refractivity (Wildman–Crippen MR) is 78.5 cm³/mol. The van der Waals surface area contributed by atoms with E-state index in [-0.39, 0.29) is 6.04 Å². The summed E-state index contributed by atoms with van der Waals surface area (Å²) < 4.78 is 11.0. The highest BCUT2D eigenvalue weighted by Crippen LogP contribution is 2.24. The van der Waals surface area contributed by atoms with Gasteiger partial charge < -0.3 is 9.26 Å². The number of rotatable bonds is 7. The Balaban J connectivity index is 2.00. The van der Waals surface area contributed by atoms with Crippen LogP contribution in [0.3, 0.4) is 0 Å². The molecule has 0 bridgehead atoms. The standard InChI is InChI=1S/C16H20N2O2/c1-4-14(18(3)5-2)15-11-16(17-20-15)19-12-13-9-7-6-8-10-13/h4,6-11,14H,1,5,12H2,2-3H3. The minimum atomic E-state index is 0.0153. The predicted octanol–water partition coefficient (Wildman–Crippen LogP) is 3.43. The molecule has 0 saturated heterocycles. The van der Waals surface area contributed by atoms with Gasteiger partial charge in [-0.3, -0.25) is 4.90 Å². The van der Waals surface area contributed by atoms with E-state index in [0.717, 1.165) is 17.9 Å². The second-order valence-electron chi connectivity index (χ2n) is 4.60. The van der Waals surface area contributed by atoms with Gasteiger partial charge in [-0.25, -0.2) is 0 Å². The van der Waals surface area contributed by atoms with Crippen molar-refractivity contribution in [3.8, 4) is 5.88 Å². The van der Waals surface area contributed by atoms with E-state index < -0.39 is 0 Å². The third-order valence-corrected chi connectivity index (χ3v) is 3.22. The van der Waals surface area contributed by atoms with Crippen LogP contribution in [0.15, 0.2) is 53.6 Å². The number of ether oxygens (including phenoxy) is 1. The van der Waals surface area contributed by atoms with Gasteiger partial charge in [0, 0.05) is 6.07 Å². The summed E-state index contributed by atoms with van der Waals surface area (Å²) in [5.41, 5.74) is 1.10. The molecular formula is C16H20N2O2. The van der Waals surface area contributed by atoms with Crippen molar-refractivity contribution in [1.82, 2.24) is 10.1 Å². The van der Waals surface area contributed by atoms with E-state index >= 15 is 0 Å². The number of hydrogen-bond acceptors (Lipinski definition) is 4. The molecule has 1 unspecified atom stereocenters. The second kappa shape index (κ2) is 6.91. The van der Waals surface area contributed by atoms with Crippen molar-refractivity contribution in [2.24, 2.45) is 0 Å². The lowest BCUT2D eigenvalue weighted by Gasteiger charge is -2.20. The highest BCUT2D eigenvalue weighted by Gasteiger charge is 2.18. The average molecular weight is 272 g/mol. The molecule has 0 N–H and O–H groups in total. The molecule has 0 spiro atoms. The smallest absolute Gasteiger partial charge is 0.254 e. The fraction of sp³-hybridized carbons (Fsp3) is 0.312. The lowest BCUT2D eigenvalue weighted by Crippen LogP contribution is -2.22. The van der Waals surface area contributed by atoms with Crippen LogP contribution in [0, 0.1) is 0 Å². The fourth-order valence-electron chi connectivity index (χ4n) is 1.92. The largest absolute Gasteiger partial charge is 0.471 e. The fourth-order valence-corrected chi connectivity index (χ4v) is 1.92. The van der Waals surface area contributed by atoms with Gasteiger partial charge in [0.2, 0.25) is 0 Å². The number of nitrogens with zero attached hydrogens (tertiary/aromatic N) is 2. The normalized spacial score (nSPS) is 12.3. The summed E-state index contributed by atoms with van der Waals surface area (Å²) in [6, 6.07) is 11.8. The van der Waals surface area contributed by atoms with Crippen molar-refractivity contribution in [3.63, 3.8) is 0 Å². The number of likely N-dealkylation sites (N-methyl/N-ethyl adjacent to an activating group) is 1. The Morgan fingerprint density at radius 2 is 2.15 bits per heavy atom. The van der Waals surface area contributed by atoms with Crippen LogP contribution in [0.5, 0.6) is 5.88 Å². The molecule has 20 heavy (non-hydrogen) atoms. The van der Waals surface area contributed by atoms with Crippen LogP contribution in [0.4, 0.5) is 0 Å². The summed E-state index contributed by atoms with van der Waals surface area (Å²) in [6.07, 6.45) is 1.84. The van der Waals surface area contributed by atoms with Crippen LogP contribution < -0.4 is 4.74 Å².